The molecule has 4 heteroatoms. The summed E-state index contributed by atoms with van der Waals surface area (Å²) in [7, 11) is 0. The van der Waals surface area contributed by atoms with Crippen LogP contribution in [-0.4, -0.2) is 25.6 Å². The third-order valence-corrected chi connectivity index (χ3v) is 2.82. The first-order valence-electron chi connectivity index (χ1n) is 6.79. The summed E-state index contributed by atoms with van der Waals surface area (Å²) in [5.74, 6) is 1.21. The number of amides is 1. The van der Waals surface area contributed by atoms with Gasteiger partial charge in [0.2, 0.25) is 5.91 Å². The molecule has 4 nitrogen and oxygen atoms in total. The maximum Gasteiger partial charge on any atom is 0.224 e. The fraction of sp³-hybridized carbons (Fsp3) is 0.533. The number of para-hydroxylation sites is 1. The highest BCUT2D eigenvalue weighted by atomic mass is 16.5. The normalized spacial score (nSPS) is 12.2. The van der Waals surface area contributed by atoms with Gasteiger partial charge in [-0.25, -0.2) is 0 Å². The Morgan fingerprint density at radius 1 is 1.32 bits per heavy atom. The molecule has 0 aliphatic carbocycles. The topological polar surface area (TPSA) is 64.4 Å². The van der Waals surface area contributed by atoms with E-state index in [0.29, 0.717) is 25.6 Å². The molecule has 1 aromatic carbocycles. The second kappa shape index (κ2) is 8.53. The van der Waals surface area contributed by atoms with E-state index in [4.69, 9.17) is 10.5 Å². The summed E-state index contributed by atoms with van der Waals surface area (Å²) in [5, 5.41) is 2.87. The van der Waals surface area contributed by atoms with Crippen molar-refractivity contribution >= 4 is 5.91 Å². The monoisotopic (exact) mass is 264 g/mol. The molecule has 0 aromatic heterocycles. The van der Waals surface area contributed by atoms with E-state index in [-0.39, 0.29) is 11.8 Å². The van der Waals surface area contributed by atoms with Crippen LogP contribution in [0.25, 0.3) is 0 Å². The number of hydrogen-bond donors (Lipinski definition) is 2. The van der Waals surface area contributed by atoms with Gasteiger partial charge in [0.05, 0.1) is 12.5 Å². The van der Waals surface area contributed by atoms with Gasteiger partial charge in [-0.05, 0) is 24.5 Å². The van der Waals surface area contributed by atoms with Crippen molar-refractivity contribution in [3.63, 3.8) is 0 Å². The molecule has 0 aliphatic heterocycles. The lowest BCUT2D eigenvalue weighted by molar-refractivity contribution is -0.125. The van der Waals surface area contributed by atoms with Crippen LogP contribution in [-0.2, 0) is 4.79 Å². The molecule has 0 saturated carbocycles. The van der Waals surface area contributed by atoms with Gasteiger partial charge in [0.25, 0.3) is 0 Å². The van der Waals surface area contributed by atoms with Crippen LogP contribution in [0.1, 0.15) is 20.3 Å². The molecular weight excluding hydrogens is 240 g/mol. The average Bonchev–Trinajstić information content (AvgIpc) is 2.41. The lowest BCUT2D eigenvalue weighted by Gasteiger charge is -2.16. The Kier molecular flexibility index (Phi) is 6.97. The van der Waals surface area contributed by atoms with Crippen LogP contribution in [0, 0.1) is 11.8 Å². The number of carbonyl (C=O) groups is 1. The van der Waals surface area contributed by atoms with Crippen LogP contribution in [0.3, 0.4) is 0 Å². The Morgan fingerprint density at radius 3 is 2.58 bits per heavy atom. The number of hydrogen-bond acceptors (Lipinski definition) is 3. The van der Waals surface area contributed by atoms with E-state index in [0.717, 1.165) is 12.2 Å². The number of rotatable bonds is 8. The molecule has 1 unspecified atom stereocenters. The van der Waals surface area contributed by atoms with Crippen molar-refractivity contribution in [2.75, 3.05) is 19.7 Å². The van der Waals surface area contributed by atoms with Crippen molar-refractivity contribution in [1.29, 1.82) is 0 Å². The quantitative estimate of drug-likeness (QED) is 0.704. The van der Waals surface area contributed by atoms with Crippen LogP contribution in [0.2, 0.25) is 0 Å². The molecule has 1 atom stereocenters. The van der Waals surface area contributed by atoms with Crippen LogP contribution in [0.5, 0.6) is 5.75 Å². The van der Waals surface area contributed by atoms with E-state index in [1.165, 1.54) is 0 Å². The highest BCUT2D eigenvalue weighted by Crippen LogP contribution is 2.10. The first-order chi connectivity index (χ1) is 9.13. The molecule has 1 rings (SSSR count). The van der Waals surface area contributed by atoms with Crippen molar-refractivity contribution in [2.45, 2.75) is 20.3 Å². The minimum Gasteiger partial charge on any atom is -0.492 e. The molecule has 0 aliphatic rings. The van der Waals surface area contributed by atoms with E-state index in [1.807, 2.05) is 30.3 Å². The van der Waals surface area contributed by atoms with E-state index in [2.05, 4.69) is 19.2 Å². The largest absolute Gasteiger partial charge is 0.492 e. The number of nitrogens with two attached hydrogens (primary N) is 1. The predicted octanol–water partition coefficient (Wildman–Crippen LogP) is 1.80. The highest BCUT2D eigenvalue weighted by molar-refractivity contribution is 5.78. The van der Waals surface area contributed by atoms with Gasteiger partial charge in [0.1, 0.15) is 12.4 Å². The summed E-state index contributed by atoms with van der Waals surface area (Å²) in [6, 6.07) is 9.56. The highest BCUT2D eigenvalue weighted by Gasteiger charge is 2.17. The lowest BCUT2D eigenvalue weighted by Crippen LogP contribution is -2.37. The van der Waals surface area contributed by atoms with E-state index < -0.39 is 0 Å². The maximum atomic E-state index is 11.9. The van der Waals surface area contributed by atoms with Crippen molar-refractivity contribution in [1.82, 2.24) is 5.32 Å². The smallest absolute Gasteiger partial charge is 0.224 e. The van der Waals surface area contributed by atoms with Gasteiger partial charge >= 0.3 is 0 Å². The molecule has 106 valence electrons. The predicted molar refractivity (Wildman–Crippen MR) is 76.9 cm³/mol. The van der Waals surface area contributed by atoms with Crippen LogP contribution < -0.4 is 15.8 Å². The van der Waals surface area contributed by atoms with Gasteiger partial charge in [-0.1, -0.05) is 32.0 Å². The van der Waals surface area contributed by atoms with Crippen molar-refractivity contribution in [3.8, 4) is 5.75 Å². The minimum absolute atomic E-state index is 0.0212. The molecule has 3 N–H and O–H groups in total. The van der Waals surface area contributed by atoms with Crippen LogP contribution >= 0.6 is 0 Å². The lowest BCUT2D eigenvalue weighted by atomic mass is 9.96. The van der Waals surface area contributed by atoms with E-state index in [1.54, 1.807) is 0 Å². The summed E-state index contributed by atoms with van der Waals surface area (Å²) in [6.07, 6.45) is 0.821. The third-order valence-electron chi connectivity index (χ3n) is 2.82. The van der Waals surface area contributed by atoms with Crippen molar-refractivity contribution in [3.05, 3.63) is 30.3 Å². The van der Waals surface area contributed by atoms with Gasteiger partial charge in [-0.2, -0.15) is 0 Å². The molecule has 0 saturated heterocycles. The summed E-state index contributed by atoms with van der Waals surface area (Å²) in [6.45, 7) is 5.55. The molecule has 1 aromatic rings. The fourth-order valence-corrected chi connectivity index (χ4v) is 1.88. The molecule has 0 spiro atoms. The first-order valence-corrected chi connectivity index (χ1v) is 6.79. The van der Waals surface area contributed by atoms with Crippen LogP contribution in [0.15, 0.2) is 30.3 Å². The first kappa shape index (κ1) is 15.5. The molecule has 0 heterocycles. The Morgan fingerprint density at radius 2 is 2.00 bits per heavy atom. The minimum atomic E-state index is -0.100. The summed E-state index contributed by atoms with van der Waals surface area (Å²) >= 11 is 0. The molecule has 0 fully saturated rings. The average molecular weight is 264 g/mol. The zero-order valence-corrected chi connectivity index (χ0v) is 11.8. The van der Waals surface area contributed by atoms with Gasteiger partial charge in [0.15, 0.2) is 0 Å². The zero-order chi connectivity index (χ0) is 14.1. The number of carbonyl (C=O) groups excluding carboxylic acids is 1. The molecular formula is C15H24N2O2. The maximum absolute atomic E-state index is 11.9. The second-order valence-corrected chi connectivity index (χ2v) is 5.01. The van der Waals surface area contributed by atoms with Gasteiger partial charge in [-0.15, -0.1) is 0 Å². The summed E-state index contributed by atoms with van der Waals surface area (Å²) in [5.41, 5.74) is 5.63. The number of nitrogens with one attached hydrogen (secondary N) is 1. The second-order valence-electron chi connectivity index (χ2n) is 5.01. The zero-order valence-electron chi connectivity index (χ0n) is 11.8. The third kappa shape index (κ3) is 6.25. The van der Waals surface area contributed by atoms with Crippen molar-refractivity contribution < 1.29 is 9.53 Å². The fourth-order valence-electron chi connectivity index (χ4n) is 1.88. The number of ether oxygens (including phenoxy) is 1. The molecule has 19 heavy (non-hydrogen) atoms. The van der Waals surface area contributed by atoms with Crippen LogP contribution in [0.4, 0.5) is 0 Å². The molecule has 0 radical (unpaired) electrons. The van der Waals surface area contributed by atoms with Gasteiger partial charge in [0, 0.05) is 6.54 Å². The Labute approximate surface area is 115 Å². The van der Waals surface area contributed by atoms with E-state index in [9.17, 15) is 4.79 Å². The summed E-state index contributed by atoms with van der Waals surface area (Å²) in [4.78, 5) is 11.9. The van der Waals surface area contributed by atoms with Gasteiger partial charge in [-0.3, -0.25) is 4.79 Å². The van der Waals surface area contributed by atoms with Crippen molar-refractivity contribution in [2.24, 2.45) is 17.6 Å². The van der Waals surface area contributed by atoms with E-state index >= 15 is 0 Å². The standard InChI is InChI=1S/C15H24N2O2/c1-12(2)10-13(11-16)15(18)17-8-9-19-14-6-4-3-5-7-14/h3-7,12-13H,8-11,16H2,1-2H3,(H,17,18). The molecule has 0 bridgehead atoms. The van der Waals surface area contributed by atoms with Gasteiger partial charge < -0.3 is 15.8 Å². The molecule has 1 amide bonds. The Balaban J connectivity index is 2.22. The Hall–Kier alpha value is -1.55. The summed E-state index contributed by atoms with van der Waals surface area (Å²) < 4.78 is 5.50. The SMILES string of the molecule is CC(C)CC(CN)C(=O)NCCOc1ccccc1. The number of benzene rings is 1. The Bertz CT molecular complexity index is 366.